The number of halogens is 1. The van der Waals surface area contributed by atoms with Crippen molar-refractivity contribution in [3.05, 3.63) is 27.2 Å². The van der Waals surface area contributed by atoms with Crippen LogP contribution in [-0.2, 0) is 6.54 Å². The summed E-state index contributed by atoms with van der Waals surface area (Å²) in [5.74, 6) is 0. The van der Waals surface area contributed by atoms with Gasteiger partial charge in [0.25, 0.3) is 0 Å². The highest BCUT2D eigenvalue weighted by molar-refractivity contribution is 8.93. The molecule has 2 rings (SSSR count). The molecule has 0 unspecified atom stereocenters. The SMILES string of the molecule is Br.CN(C)c1n/c(=N/Cc2cccs2)ss1. The molecule has 0 spiro atoms. The molecule has 2 aromatic heterocycles. The van der Waals surface area contributed by atoms with Gasteiger partial charge in [0, 0.05) is 19.0 Å². The third kappa shape index (κ3) is 3.65. The van der Waals surface area contributed by atoms with Crippen LogP contribution in [0, 0.1) is 0 Å². The molecule has 0 aliphatic heterocycles. The number of anilines is 1. The number of hydrogen-bond donors (Lipinski definition) is 0. The predicted octanol–water partition coefficient (Wildman–Crippen LogP) is 3.01. The van der Waals surface area contributed by atoms with Gasteiger partial charge in [-0.3, -0.25) is 4.99 Å². The topological polar surface area (TPSA) is 28.5 Å². The Labute approximate surface area is 116 Å². The largest absolute Gasteiger partial charge is 0.353 e. The minimum atomic E-state index is 0. The molecule has 0 saturated carbocycles. The van der Waals surface area contributed by atoms with Crippen LogP contribution in [-0.4, -0.2) is 19.1 Å². The van der Waals surface area contributed by atoms with E-state index in [0.29, 0.717) is 0 Å². The molecule has 7 heteroatoms. The van der Waals surface area contributed by atoms with Gasteiger partial charge in [0.2, 0.25) is 4.80 Å². The highest BCUT2D eigenvalue weighted by atomic mass is 79.9. The van der Waals surface area contributed by atoms with E-state index in [-0.39, 0.29) is 17.0 Å². The molecule has 0 N–H and O–H groups in total. The van der Waals surface area contributed by atoms with Crippen LogP contribution >= 0.6 is 49.0 Å². The van der Waals surface area contributed by atoms with E-state index < -0.39 is 0 Å². The van der Waals surface area contributed by atoms with Crippen molar-refractivity contribution in [2.45, 2.75) is 6.54 Å². The first-order valence-corrected chi connectivity index (χ1v) is 7.46. The van der Waals surface area contributed by atoms with E-state index in [1.54, 1.807) is 32.0 Å². The maximum atomic E-state index is 4.45. The number of rotatable bonds is 3. The number of nitrogens with zero attached hydrogens (tertiary/aromatic N) is 3. The quantitative estimate of drug-likeness (QED) is 0.805. The van der Waals surface area contributed by atoms with Gasteiger partial charge in [-0.25, -0.2) is 0 Å². The Morgan fingerprint density at radius 3 is 2.75 bits per heavy atom. The maximum Gasteiger partial charge on any atom is 0.217 e. The zero-order valence-corrected chi connectivity index (χ0v) is 13.1. The van der Waals surface area contributed by atoms with Crippen LogP contribution in [0.2, 0.25) is 0 Å². The van der Waals surface area contributed by atoms with Gasteiger partial charge in [0.1, 0.15) is 0 Å². The van der Waals surface area contributed by atoms with E-state index in [9.17, 15) is 0 Å². The highest BCUT2D eigenvalue weighted by Gasteiger charge is 1.99. The van der Waals surface area contributed by atoms with E-state index in [1.165, 1.54) is 4.88 Å². The van der Waals surface area contributed by atoms with Crippen LogP contribution in [0.3, 0.4) is 0 Å². The minimum Gasteiger partial charge on any atom is -0.353 e. The standard InChI is InChI=1S/C9H11N3S3.BrH/c1-12(2)9-11-8(14-15-9)10-6-7-4-3-5-13-7;/h3-5H,6H2,1-2H3;1H/b10-8-;. The van der Waals surface area contributed by atoms with Crippen molar-refractivity contribution in [2.75, 3.05) is 19.0 Å². The second-order valence-electron chi connectivity index (χ2n) is 3.13. The van der Waals surface area contributed by atoms with Gasteiger partial charge in [-0.15, -0.1) is 28.3 Å². The second kappa shape index (κ2) is 6.48. The lowest BCUT2D eigenvalue weighted by Gasteiger charge is -2.03. The van der Waals surface area contributed by atoms with Crippen LogP contribution in [0.1, 0.15) is 4.88 Å². The zero-order valence-electron chi connectivity index (χ0n) is 8.91. The lowest BCUT2D eigenvalue weighted by Crippen LogP contribution is -2.10. The van der Waals surface area contributed by atoms with Gasteiger partial charge in [0.15, 0.2) is 5.13 Å². The van der Waals surface area contributed by atoms with Crippen molar-refractivity contribution < 1.29 is 0 Å². The molecule has 0 fully saturated rings. The average Bonchev–Trinajstić information content (AvgIpc) is 2.86. The van der Waals surface area contributed by atoms with E-state index >= 15 is 0 Å². The van der Waals surface area contributed by atoms with Crippen molar-refractivity contribution in [3.63, 3.8) is 0 Å². The van der Waals surface area contributed by atoms with E-state index in [1.807, 2.05) is 25.1 Å². The number of thiophene rings is 1. The van der Waals surface area contributed by atoms with Crippen LogP contribution in [0.4, 0.5) is 5.13 Å². The van der Waals surface area contributed by atoms with Gasteiger partial charge >= 0.3 is 0 Å². The van der Waals surface area contributed by atoms with Gasteiger partial charge in [-0.1, -0.05) is 6.07 Å². The Hall–Kier alpha value is -0.240. The van der Waals surface area contributed by atoms with Gasteiger partial charge in [-0.2, -0.15) is 4.98 Å². The Bertz CT molecular complexity index is 472. The fourth-order valence-corrected chi connectivity index (χ4v) is 3.60. The summed E-state index contributed by atoms with van der Waals surface area (Å²) >= 11 is 1.73. The molecule has 2 aromatic rings. The third-order valence-electron chi connectivity index (χ3n) is 1.71. The molecule has 2 heterocycles. The molecule has 16 heavy (non-hydrogen) atoms. The molecule has 0 saturated heterocycles. The van der Waals surface area contributed by atoms with E-state index in [4.69, 9.17) is 0 Å². The van der Waals surface area contributed by atoms with Gasteiger partial charge in [0.05, 0.1) is 6.54 Å². The van der Waals surface area contributed by atoms with Crippen LogP contribution in [0.5, 0.6) is 0 Å². The van der Waals surface area contributed by atoms with Crippen LogP contribution < -0.4 is 9.70 Å². The number of hydrogen-bond acceptors (Lipinski definition) is 6. The van der Waals surface area contributed by atoms with Crippen molar-refractivity contribution in [2.24, 2.45) is 4.99 Å². The third-order valence-corrected chi connectivity index (χ3v) is 4.78. The summed E-state index contributed by atoms with van der Waals surface area (Å²) in [7, 11) is 7.28. The monoisotopic (exact) mass is 337 g/mol. The Morgan fingerprint density at radius 1 is 1.38 bits per heavy atom. The molecule has 3 nitrogen and oxygen atoms in total. The summed E-state index contributed by atoms with van der Waals surface area (Å²) in [5.41, 5.74) is 0. The van der Waals surface area contributed by atoms with E-state index in [2.05, 4.69) is 21.4 Å². The maximum absolute atomic E-state index is 4.45. The molecular formula is C9H12BrN3S3. The molecule has 0 aliphatic carbocycles. The fourth-order valence-electron chi connectivity index (χ4n) is 0.978. The van der Waals surface area contributed by atoms with Gasteiger partial charge in [-0.05, 0) is 32.1 Å². The Morgan fingerprint density at radius 2 is 2.19 bits per heavy atom. The minimum absolute atomic E-state index is 0. The van der Waals surface area contributed by atoms with Gasteiger partial charge < -0.3 is 4.90 Å². The Kier molecular flexibility index (Phi) is 5.60. The van der Waals surface area contributed by atoms with Crippen molar-refractivity contribution >= 4 is 54.1 Å². The summed E-state index contributed by atoms with van der Waals surface area (Å²) in [6, 6.07) is 4.14. The van der Waals surface area contributed by atoms with Crippen molar-refractivity contribution in [1.82, 2.24) is 4.98 Å². The first-order chi connectivity index (χ1) is 7.25. The molecule has 0 aromatic carbocycles. The highest BCUT2D eigenvalue weighted by Crippen LogP contribution is 2.15. The molecule has 0 aliphatic rings. The molecule has 0 amide bonds. The summed E-state index contributed by atoms with van der Waals surface area (Å²) in [4.78, 5) is 13.0. The molecular weight excluding hydrogens is 326 g/mol. The second-order valence-corrected chi connectivity index (χ2v) is 6.23. The average molecular weight is 338 g/mol. The normalized spacial score (nSPS) is 11.2. The van der Waals surface area contributed by atoms with Crippen LogP contribution in [0.25, 0.3) is 0 Å². The van der Waals surface area contributed by atoms with E-state index in [0.717, 1.165) is 16.5 Å². The molecule has 0 atom stereocenters. The van der Waals surface area contributed by atoms with Crippen LogP contribution in [0.15, 0.2) is 22.5 Å². The summed E-state index contributed by atoms with van der Waals surface area (Å²) in [6.07, 6.45) is 0. The zero-order chi connectivity index (χ0) is 10.7. The summed E-state index contributed by atoms with van der Waals surface area (Å²) in [6.45, 7) is 0.741. The van der Waals surface area contributed by atoms with Crippen molar-refractivity contribution in [1.29, 1.82) is 0 Å². The smallest absolute Gasteiger partial charge is 0.217 e. The number of aromatic nitrogens is 1. The molecule has 88 valence electrons. The summed E-state index contributed by atoms with van der Waals surface area (Å²) < 4.78 is 0. The lowest BCUT2D eigenvalue weighted by atomic mass is 10.5. The first kappa shape index (κ1) is 13.8. The first-order valence-electron chi connectivity index (χ1n) is 4.43. The van der Waals surface area contributed by atoms with Crippen molar-refractivity contribution in [3.8, 4) is 0 Å². The Balaban J connectivity index is 0.00000128. The lowest BCUT2D eigenvalue weighted by molar-refractivity contribution is 1.000. The summed E-state index contributed by atoms with van der Waals surface area (Å²) in [5, 5.41) is 3.09. The fraction of sp³-hybridized carbons (Fsp3) is 0.333. The predicted molar refractivity (Wildman–Crippen MR) is 78.2 cm³/mol. The molecule has 0 radical (unpaired) electrons. The molecule has 0 bridgehead atoms.